The van der Waals surface area contributed by atoms with Crippen molar-refractivity contribution in [2.45, 2.75) is 37.8 Å². The lowest BCUT2D eigenvalue weighted by atomic mass is 9.93. The summed E-state index contributed by atoms with van der Waals surface area (Å²) in [5.74, 6) is 0.617. The van der Waals surface area contributed by atoms with E-state index in [2.05, 4.69) is 4.98 Å². The number of nitrogens with two attached hydrogens (primary N) is 1. The van der Waals surface area contributed by atoms with Crippen LogP contribution in [-0.2, 0) is 0 Å². The Morgan fingerprint density at radius 1 is 1.29 bits per heavy atom. The Morgan fingerprint density at radius 2 is 2.10 bits per heavy atom. The van der Waals surface area contributed by atoms with Crippen molar-refractivity contribution in [1.82, 2.24) is 4.98 Å². The van der Waals surface area contributed by atoms with Crippen LogP contribution in [0.15, 0.2) is 30.5 Å². The van der Waals surface area contributed by atoms with E-state index in [-0.39, 0.29) is 17.8 Å². The number of hydrogen-bond donors (Lipinski definition) is 1. The van der Waals surface area contributed by atoms with E-state index in [0.717, 1.165) is 25.7 Å². The van der Waals surface area contributed by atoms with Crippen LogP contribution in [0.2, 0.25) is 0 Å². The van der Waals surface area contributed by atoms with Gasteiger partial charge in [0, 0.05) is 23.7 Å². The molecule has 0 aliphatic heterocycles. The third-order valence-corrected chi connectivity index (χ3v) is 3.94. The second kappa shape index (κ2) is 5.65. The molecule has 2 N–H and O–H groups in total. The third-order valence-electron chi connectivity index (χ3n) is 3.94. The van der Waals surface area contributed by atoms with Crippen molar-refractivity contribution in [2.75, 3.05) is 0 Å². The fourth-order valence-electron chi connectivity index (χ4n) is 2.82. The number of benzene rings is 1. The molecule has 0 amide bonds. The van der Waals surface area contributed by atoms with Gasteiger partial charge in [0.2, 0.25) is 0 Å². The van der Waals surface area contributed by atoms with Gasteiger partial charge < -0.3 is 10.5 Å². The highest BCUT2D eigenvalue weighted by molar-refractivity contribution is 5.92. The van der Waals surface area contributed by atoms with Crippen LogP contribution in [0.25, 0.3) is 10.9 Å². The van der Waals surface area contributed by atoms with E-state index in [1.165, 1.54) is 6.07 Å². The van der Waals surface area contributed by atoms with Crippen LogP contribution in [0.1, 0.15) is 25.7 Å². The summed E-state index contributed by atoms with van der Waals surface area (Å²) >= 11 is 0. The smallest absolute Gasteiger partial charge is 0.295 e. The molecular weight excluding hydrogens is 270 g/mol. The van der Waals surface area contributed by atoms with Crippen LogP contribution in [0, 0.1) is 10.1 Å². The average molecular weight is 287 g/mol. The number of nitrogens with zero attached hydrogens (tertiary/aromatic N) is 2. The molecule has 2 unspecified atom stereocenters. The van der Waals surface area contributed by atoms with Crippen LogP contribution in [0.4, 0.5) is 5.69 Å². The maximum absolute atomic E-state index is 11.1. The maximum atomic E-state index is 11.1. The summed E-state index contributed by atoms with van der Waals surface area (Å²) in [6, 6.07) is 6.64. The highest BCUT2D eigenvalue weighted by Crippen LogP contribution is 2.33. The molecular formula is C15H17N3O3. The molecule has 1 saturated carbocycles. The van der Waals surface area contributed by atoms with Gasteiger partial charge in [-0.1, -0.05) is 6.42 Å². The largest absolute Gasteiger partial charge is 0.488 e. The second-order valence-electron chi connectivity index (χ2n) is 5.34. The molecule has 1 aliphatic carbocycles. The topological polar surface area (TPSA) is 91.3 Å². The number of nitro benzene ring substituents is 1. The Kier molecular flexibility index (Phi) is 3.70. The number of non-ortho nitro benzene ring substituents is 1. The molecule has 0 radical (unpaired) electrons. The first kappa shape index (κ1) is 13.8. The third kappa shape index (κ3) is 2.67. The molecule has 3 rings (SSSR count). The van der Waals surface area contributed by atoms with Crippen molar-refractivity contribution in [1.29, 1.82) is 0 Å². The molecule has 1 aliphatic rings. The standard InChI is InChI=1S/C15H17N3O3/c16-11-5-1-2-6-14(11)21-13-8-7-12(18(19)20)15-10(13)4-3-9-17-15/h3-4,7-9,11,14H,1-2,5-6,16H2. The molecule has 2 atom stereocenters. The van der Waals surface area contributed by atoms with Gasteiger partial charge in [-0.2, -0.15) is 0 Å². The quantitative estimate of drug-likeness (QED) is 0.692. The first-order valence-electron chi connectivity index (χ1n) is 7.11. The van der Waals surface area contributed by atoms with E-state index in [9.17, 15) is 10.1 Å². The van der Waals surface area contributed by atoms with Crippen molar-refractivity contribution in [3.8, 4) is 5.75 Å². The molecule has 0 bridgehead atoms. The highest BCUT2D eigenvalue weighted by atomic mass is 16.6. The summed E-state index contributed by atoms with van der Waals surface area (Å²) in [4.78, 5) is 14.8. The maximum Gasteiger partial charge on any atom is 0.295 e. The summed E-state index contributed by atoms with van der Waals surface area (Å²) in [6.45, 7) is 0. The minimum absolute atomic E-state index is 0.00843. The van der Waals surface area contributed by atoms with Crippen molar-refractivity contribution in [3.05, 3.63) is 40.6 Å². The molecule has 21 heavy (non-hydrogen) atoms. The summed E-state index contributed by atoms with van der Waals surface area (Å²) in [5.41, 5.74) is 6.44. The Hall–Kier alpha value is -2.21. The molecule has 6 nitrogen and oxygen atoms in total. The average Bonchev–Trinajstić information content (AvgIpc) is 2.49. The lowest BCUT2D eigenvalue weighted by Crippen LogP contribution is -2.41. The van der Waals surface area contributed by atoms with Crippen LogP contribution >= 0.6 is 0 Å². The Morgan fingerprint density at radius 3 is 2.86 bits per heavy atom. The summed E-state index contributed by atoms with van der Waals surface area (Å²) < 4.78 is 6.03. The molecule has 110 valence electrons. The molecule has 1 aromatic carbocycles. The van der Waals surface area contributed by atoms with Gasteiger partial charge in [-0.15, -0.1) is 0 Å². The number of rotatable bonds is 3. The van der Waals surface area contributed by atoms with Gasteiger partial charge >= 0.3 is 0 Å². The van der Waals surface area contributed by atoms with Gasteiger partial charge in [0.1, 0.15) is 11.9 Å². The molecule has 6 heteroatoms. The van der Waals surface area contributed by atoms with E-state index < -0.39 is 4.92 Å². The molecule has 0 spiro atoms. The highest BCUT2D eigenvalue weighted by Gasteiger charge is 2.25. The lowest BCUT2D eigenvalue weighted by Gasteiger charge is -2.29. The number of nitro groups is 1. The number of hydrogen-bond acceptors (Lipinski definition) is 5. The van der Waals surface area contributed by atoms with Gasteiger partial charge in [0.05, 0.1) is 4.92 Å². The monoisotopic (exact) mass is 287 g/mol. The minimum atomic E-state index is -0.425. The fourth-order valence-corrected chi connectivity index (χ4v) is 2.82. The summed E-state index contributed by atoms with van der Waals surface area (Å²) in [6.07, 6.45) is 5.60. The van der Waals surface area contributed by atoms with Crippen LogP contribution in [0.3, 0.4) is 0 Å². The van der Waals surface area contributed by atoms with Crippen LogP contribution in [-0.4, -0.2) is 22.1 Å². The van der Waals surface area contributed by atoms with Gasteiger partial charge in [-0.25, -0.2) is 4.98 Å². The van der Waals surface area contributed by atoms with Gasteiger partial charge in [0.15, 0.2) is 5.52 Å². The SMILES string of the molecule is NC1CCCCC1Oc1ccc([N+](=O)[O-])c2ncccc12. The van der Waals surface area contributed by atoms with Gasteiger partial charge in [-0.3, -0.25) is 10.1 Å². The zero-order valence-corrected chi connectivity index (χ0v) is 11.6. The first-order valence-corrected chi connectivity index (χ1v) is 7.11. The van der Waals surface area contributed by atoms with Gasteiger partial charge in [0.25, 0.3) is 5.69 Å². The van der Waals surface area contributed by atoms with E-state index in [1.54, 1.807) is 24.4 Å². The van der Waals surface area contributed by atoms with E-state index in [1.807, 2.05) is 0 Å². The number of ether oxygens (including phenoxy) is 1. The van der Waals surface area contributed by atoms with E-state index in [4.69, 9.17) is 10.5 Å². The Balaban J connectivity index is 1.99. The van der Waals surface area contributed by atoms with Crippen molar-refractivity contribution < 1.29 is 9.66 Å². The molecule has 1 fully saturated rings. The molecule has 2 aromatic rings. The van der Waals surface area contributed by atoms with Crippen molar-refractivity contribution in [2.24, 2.45) is 5.73 Å². The number of fused-ring (bicyclic) bond motifs is 1. The number of pyridine rings is 1. The van der Waals surface area contributed by atoms with Crippen LogP contribution in [0.5, 0.6) is 5.75 Å². The molecule has 1 heterocycles. The van der Waals surface area contributed by atoms with E-state index in [0.29, 0.717) is 16.7 Å². The summed E-state index contributed by atoms with van der Waals surface area (Å²) in [7, 11) is 0. The van der Waals surface area contributed by atoms with Gasteiger partial charge in [-0.05, 0) is 37.5 Å². The Labute approximate surface area is 122 Å². The van der Waals surface area contributed by atoms with Crippen molar-refractivity contribution in [3.63, 3.8) is 0 Å². The molecule has 0 saturated heterocycles. The predicted molar refractivity (Wildman–Crippen MR) is 79.3 cm³/mol. The molecule has 1 aromatic heterocycles. The number of aromatic nitrogens is 1. The minimum Gasteiger partial charge on any atom is -0.488 e. The zero-order valence-electron chi connectivity index (χ0n) is 11.6. The fraction of sp³-hybridized carbons (Fsp3) is 0.400. The second-order valence-corrected chi connectivity index (χ2v) is 5.34. The lowest BCUT2D eigenvalue weighted by molar-refractivity contribution is -0.383. The van der Waals surface area contributed by atoms with Crippen LogP contribution < -0.4 is 10.5 Å². The normalized spacial score (nSPS) is 22.1. The van der Waals surface area contributed by atoms with Crippen molar-refractivity contribution >= 4 is 16.6 Å². The Bertz CT molecular complexity index is 674. The van der Waals surface area contributed by atoms with E-state index >= 15 is 0 Å². The zero-order chi connectivity index (χ0) is 14.8. The first-order chi connectivity index (χ1) is 10.2. The summed E-state index contributed by atoms with van der Waals surface area (Å²) in [5, 5.41) is 11.7. The predicted octanol–water partition coefficient (Wildman–Crippen LogP) is 2.79.